The predicted octanol–water partition coefficient (Wildman–Crippen LogP) is 3.08. The lowest BCUT2D eigenvalue weighted by Crippen LogP contribution is -2.34. The topological polar surface area (TPSA) is 63.4 Å². The summed E-state index contributed by atoms with van der Waals surface area (Å²) in [6, 6.07) is 4.92. The van der Waals surface area contributed by atoms with Crippen LogP contribution in [0.3, 0.4) is 0 Å². The van der Waals surface area contributed by atoms with Crippen LogP contribution in [-0.4, -0.2) is 23.3 Å². The lowest BCUT2D eigenvalue weighted by molar-refractivity contribution is 0.0624. The summed E-state index contributed by atoms with van der Waals surface area (Å²) in [6.07, 6.45) is 4.31. The SMILES string of the molecule is CCCCC(CC)CN1C(=O)c2ccc(N)cc2C1=O. The predicted molar refractivity (Wildman–Crippen MR) is 79.5 cm³/mol. The number of nitrogen functional groups attached to an aromatic ring is 1. The molecule has 1 aliphatic rings. The second kappa shape index (κ2) is 6.07. The molecule has 2 amide bonds. The van der Waals surface area contributed by atoms with Crippen molar-refractivity contribution in [2.24, 2.45) is 5.92 Å². The van der Waals surface area contributed by atoms with Gasteiger partial charge < -0.3 is 5.73 Å². The van der Waals surface area contributed by atoms with Gasteiger partial charge in [-0.15, -0.1) is 0 Å². The van der Waals surface area contributed by atoms with E-state index in [-0.39, 0.29) is 11.8 Å². The van der Waals surface area contributed by atoms with Crippen molar-refractivity contribution in [2.45, 2.75) is 39.5 Å². The minimum atomic E-state index is -0.202. The number of hydrogen-bond acceptors (Lipinski definition) is 3. The minimum absolute atomic E-state index is 0.181. The number of carbonyl (C=O) groups excluding carboxylic acids is 2. The van der Waals surface area contributed by atoms with Crippen molar-refractivity contribution < 1.29 is 9.59 Å². The van der Waals surface area contributed by atoms with Crippen molar-refractivity contribution in [2.75, 3.05) is 12.3 Å². The Hall–Kier alpha value is -1.84. The number of benzene rings is 1. The van der Waals surface area contributed by atoms with Gasteiger partial charge in [0.1, 0.15) is 0 Å². The third kappa shape index (κ3) is 2.69. The Labute approximate surface area is 119 Å². The number of nitrogens with zero attached hydrogens (tertiary/aromatic N) is 1. The van der Waals surface area contributed by atoms with Crippen LogP contribution in [0.5, 0.6) is 0 Å². The van der Waals surface area contributed by atoms with Crippen molar-refractivity contribution in [1.29, 1.82) is 0 Å². The van der Waals surface area contributed by atoms with E-state index < -0.39 is 0 Å². The molecule has 1 aromatic carbocycles. The van der Waals surface area contributed by atoms with Gasteiger partial charge in [0.15, 0.2) is 0 Å². The molecule has 4 heteroatoms. The Balaban J connectivity index is 2.15. The highest BCUT2D eigenvalue weighted by Crippen LogP contribution is 2.27. The second-order valence-electron chi connectivity index (χ2n) is 5.44. The summed E-state index contributed by atoms with van der Waals surface area (Å²) in [5, 5.41) is 0. The molecule has 2 rings (SSSR count). The first-order valence-electron chi connectivity index (χ1n) is 7.34. The Bertz CT molecular complexity index is 525. The Morgan fingerprint density at radius 1 is 1.15 bits per heavy atom. The number of nitrogens with two attached hydrogens (primary N) is 1. The molecule has 2 N–H and O–H groups in total. The van der Waals surface area contributed by atoms with E-state index in [1.54, 1.807) is 18.2 Å². The lowest BCUT2D eigenvalue weighted by atomic mass is 9.99. The summed E-state index contributed by atoms with van der Waals surface area (Å²) >= 11 is 0. The summed E-state index contributed by atoms with van der Waals surface area (Å²) in [4.78, 5) is 26.0. The van der Waals surface area contributed by atoms with Crippen LogP contribution in [0.1, 0.15) is 60.2 Å². The summed E-state index contributed by atoms with van der Waals surface area (Å²) in [6.45, 7) is 4.77. The normalized spacial score (nSPS) is 15.6. The first-order chi connectivity index (χ1) is 9.58. The number of unbranched alkanes of at least 4 members (excludes halogenated alkanes) is 1. The molecule has 0 fully saturated rings. The number of hydrogen-bond donors (Lipinski definition) is 1. The molecule has 1 aromatic rings. The van der Waals surface area contributed by atoms with E-state index >= 15 is 0 Å². The van der Waals surface area contributed by atoms with Crippen LogP contribution < -0.4 is 5.73 Å². The molecular weight excluding hydrogens is 252 g/mol. The molecule has 1 aliphatic heterocycles. The highest BCUT2D eigenvalue weighted by atomic mass is 16.2. The maximum Gasteiger partial charge on any atom is 0.261 e. The first-order valence-corrected chi connectivity index (χ1v) is 7.34. The number of anilines is 1. The second-order valence-corrected chi connectivity index (χ2v) is 5.44. The summed E-state index contributed by atoms with van der Waals surface area (Å²) in [5.74, 6) is 0.00158. The molecule has 108 valence electrons. The minimum Gasteiger partial charge on any atom is -0.399 e. The molecule has 0 bridgehead atoms. The van der Waals surface area contributed by atoms with E-state index in [1.807, 2.05) is 0 Å². The Morgan fingerprint density at radius 3 is 2.50 bits per heavy atom. The van der Waals surface area contributed by atoms with Crippen LogP contribution in [-0.2, 0) is 0 Å². The van der Waals surface area contributed by atoms with Crippen LogP contribution in [0.4, 0.5) is 5.69 Å². The molecule has 0 spiro atoms. The van der Waals surface area contributed by atoms with Crippen LogP contribution in [0.2, 0.25) is 0 Å². The average molecular weight is 274 g/mol. The van der Waals surface area contributed by atoms with E-state index in [1.165, 1.54) is 4.90 Å². The zero-order chi connectivity index (χ0) is 14.7. The van der Waals surface area contributed by atoms with Gasteiger partial charge in [-0.25, -0.2) is 0 Å². The van der Waals surface area contributed by atoms with E-state index in [2.05, 4.69) is 13.8 Å². The van der Waals surface area contributed by atoms with Crippen molar-refractivity contribution in [1.82, 2.24) is 4.90 Å². The molecule has 0 radical (unpaired) electrons. The number of carbonyl (C=O) groups is 2. The molecule has 0 saturated heterocycles. The largest absolute Gasteiger partial charge is 0.399 e. The maximum atomic E-state index is 12.3. The Morgan fingerprint density at radius 2 is 1.85 bits per heavy atom. The third-order valence-corrected chi connectivity index (χ3v) is 3.98. The van der Waals surface area contributed by atoms with Gasteiger partial charge in [-0.3, -0.25) is 14.5 Å². The van der Waals surface area contributed by atoms with E-state index in [0.717, 1.165) is 25.7 Å². The summed E-state index contributed by atoms with van der Waals surface area (Å²) in [7, 11) is 0. The van der Waals surface area contributed by atoms with Crippen molar-refractivity contribution >= 4 is 17.5 Å². The molecule has 4 nitrogen and oxygen atoms in total. The monoisotopic (exact) mass is 274 g/mol. The zero-order valence-corrected chi connectivity index (χ0v) is 12.2. The number of rotatable bonds is 6. The zero-order valence-electron chi connectivity index (χ0n) is 12.2. The quantitative estimate of drug-likeness (QED) is 0.640. The standard InChI is InChI=1S/C16H22N2O2/c1-3-5-6-11(4-2)10-18-15(19)13-8-7-12(17)9-14(13)16(18)20/h7-9,11H,3-6,10,17H2,1-2H3. The first kappa shape index (κ1) is 14.6. The van der Waals surface area contributed by atoms with Gasteiger partial charge in [-0.05, 0) is 30.5 Å². The van der Waals surface area contributed by atoms with Gasteiger partial charge in [-0.2, -0.15) is 0 Å². The van der Waals surface area contributed by atoms with E-state index in [9.17, 15) is 9.59 Å². The van der Waals surface area contributed by atoms with Gasteiger partial charge in [0, 0.05) is 12.2 Å². The van der Waals surface area contributed by atoms with Crippen LogP contribution >= 0.6 is 0 Å². The highest BCUT2D eigenvalue weighted by molar-refractivity contribution is 6.21. The Kier molecular flexibility index (Phi) is 4.42. The molecular formula is C16H22N2O2. The number of imide groups is 1. The van der Waals surface area contributed by atoms with Crippen molar-refractivity contribution in [3.05, 3.63) is 29.3 Å². The maximum absolute atomic E-state index is 12.3. The average Bonchev–Trinajstić information content (AvgIpc) is 2.67. The number of amides is 2. The third-order valence-electron chi connectivity index (χ3n) is 3.98. The summed E-state index contributed by atoms with van der Waals surface area (Å²) < 4.78 is 0. The molecule has 0 aromatic heterocycles. The molecule has 1 unspecified atom stereocenters. The number of fused-ring (bicyclic) bond motifs is 1. The lowest BCUT2D eigenvalue weighted by Gasteiger charge is -2.21. The molecule has 20 heavy (non-hydrogen) atoms. The van der Waals surface area contributed by atoms with Crippen molar-refractivity contribution in [3.8, 4) is 0 Å². The molecule has 0 saturated carbocycles. The van der Waals surface area contributed by atoms with E-state index in [4.69, 9.17) is 5.73 Å². The smallest absolute Gasteiger partial charge is 0.261 e. The van der Waals surface area contributed by atoms with Crippen LogP contribution in [0, 0.1) is 5.92 Å². The fourth-order valence-corrected chi connectivity index (χ4v) is 2.65. The van der Waals surface area contributed by atoms with Gasteiger partial charge in [0.25, 0.3) is 11.8 Å². The van der Waals surface area contributed by atoms with Gasteiger partial charge in [0.2, 0.25) is 0 Å². The van der Waals surface area contributed by atoms with Gasteiger partial charge in [-0.1, -0.05) is 33.1 Å². The van der Waals surface area contributed by atoms with Gasteiger partial charge in [0.05, 0.1) is 11.1 Å². The fraction of sp³-hybridized carbons (Fsp3) is 0.500. The molecule has 1 atom stereocenters. The van der Waals surface area contributed by atoms with Crippen LogP contribution in [0.15, 0.2) is 18.2 Å². The van der Waals surface area contributed by atoms with Crippen molar-refractivity contribution in [3.63, 3.8) is 0 Å². The van der Waals surface area contributed by atoms with Crippen LogP contribution in [0.25, 0.3) is 0 Å². The van der Waals surface area contributed by atoms with E-state index in [0.29, 0.717) is 29.3 Å². The highest BCUT2D eigenvalue weighted by Gasteiger charge is 2.36. The molecule has 1 heterocycles. The summed E-state index contributed by atoms with van der Waals surface area (Å²) in [5.41, 5.74) is 7.14. The van der Waals surface area contributed by atoms with Gasteiger partial charge >= 0.3 is 0 Å². The molecule has 0 aliphatic carbocycles. The fourth-order valence-electron chi connectivity index (χ4n) is 2.65.